The molecular weight excluding hydrogens is 270 g/mol. The predicted molar refractivity (Wildman–Crippen MR) is 72.6 cm³/mol. The number of nitrogens with two attached hydrogens (primary N) is 1. The Balaban J connectivity index is 4.84. The molecule has 0 aliphatic heterocycles. The van der Waals surface area contributed by atoms with Gasteiger partial charge in [-0.15, -0.1) is 0 Å². The van der Waals surface area contributed by atoms with Gasteiger partial charge < -0.3 is 11.1 Å². The van der Waals surface area contributed by atoms with Gasteiger partial charge in [0.05, 0.1) is 11.8 Å². The summed E-state index contributed by atoms with van der Waals surface area (Å²) in [5.74, 6) is -1.30. The van der Waals surface area contributed by atoms with E-state index in [0.29, 0.717) is 6.42 Å². The summed E-state index contributed by atoms with van der Waals surface area (Å²) in [6.45, 7) is 6.65. The summed E-state index contributed by atoms with van der Waals surface area (Å²) < 4.78 is 24.6. The van der Waals surface area contributed by atoms with E-state index >= 15 is 0 Å². The Kier molecular flexibility index (Phi) is 6.99. The lowest BCUT2D eigenvalue weighted by atomic mass is 10.0. The second-order valence-corrected chi connectivity index (χ2v) is 6.86. The maximum Gasteiger partial charge on any atom is 0.256 e. The fourth-order valence-corrected chi connectivity index (χ4v) is 1.90. The molecule has 0 rings (SSSR count). The van der Waals surface area contributed by atoms with Crippen LogP contribution in [0.5, 0.6) is 0 Å². The van der Waals surface area contributed by atoms with Crippen LogP contribution in [0.25, 0.3) is 0 Å². The van der Waals surface area contributed by atoms with Crippen LogP contribution in [0.3, 0.4) is 0 Å². The van der Waals surface area contributed by atoms with Crippen molar-refractivity contribution in [2.75, 3.05) is 5.75 Å². The highest BCUT2D eigenvalue weighted by Gasteiger charge is 2.25. The van der Waals surface area contributed by atoms with Crippen LogP contribution in [0, 0.1) is 5.92 Å². The molecule has 0 aromatic heterocycles. The van der Waals surface area contributed by atoms with Gasteiger partial charge >= 0.3 is 0 Å². The van der Waals surface area contributed by atoms with Crippen molar-refractivity contribution in [3.63, 3.8) is 0 Å². The van der Waals surface area contributed by atoms with Crippen molar-refractivity contribution >= 4 is 21.8 Å². The van der Waals surface area contributed by atoms with Crippen LogP contribution in [-0.2, 0) is 19.6 Å². The molecule has 0 fully saturated rings. The van der Waals surface area contributed by atoms with E-state index in [1.54, 1.807) is 0 Å². The van der Waals surface area contributed by atoms with Gasteiger partial charge in [-0.1, -0.05) is 13.8 Å². The molecule has 2 atom stereocenters. The Hall–Kier alpha value is -1.15. The summed E-state index contributed by atoms with van der Waals surface area (Å²) in [5.41, 5.74) is 5.41. The van der Waals surface area contributed by atoms with Crippen molar-refractivity contribution in [3.8, 4) is 0 Å². The molecule has 0 saturated heterocycles. The van der Waals surface area contributed by atoms with E-state index in [4.69, 9.17) is 5.73 Å². The summed E-state index contributed by atoms with van der Waals surface area (Å²) in [4.78, 5) is 23.4. The summed E-state index contributed by atoms with van der Waals surface area (Å²) >= 11 is 0. The van der Waals surface area contributed by atoms with Crippen LogP contribution in [0.4, 0.5) is 0 Å². The van der Waals surface area contributed by atoms with Gasteiger partial charge in [0.1, 0.15) is 6.04 Å². The van der Waals surface area contributed by atoms with E-state index in [2.05, 4.69) is 5.32 Å². The molecule has 0 aromatic rings. The van der Waals surface area contributed by atoms with Crippen molar-refractivity contribution in [1.82, 2.24) is 10.0 Å². The zero-order valence-corrected chi connectivity index (χ0v) is 12.6. The van der Waals surface area contributed by atoms with Crippen molar-refractivity contribution in [2.24, 2.45) is 11.7 Å². The standard InChI is InChI=1S/C11H23N3O4S/c1-5-19(17,18)14-11(16)9(6-7(2)3)13-10(15)8(4)12/h7-9H,5-6,12H2,1-4H3,(H,13,15)(H,14,16)/t8-,9-/m0/s1. The minimum atomic E-state index is -3.64. The zero-order chi connectivity index (χ0) is 15.2. The molecule has 8 heteroatoms. The third-order valence-electron chi connectivity index (χ3n) is 2.39. The van der Waals surface area contributed by atoms with Gasteiger partial charge in [0.2, 0.25) is 15.9 Å². The average molecular weight is 293 g/mol. The number of nitrogens with one attached hydrogen (secondary N) is 2. The Morgan fingerprint density at radius 2 is 1.68 bits per heavy atom. The highest BCUT2D eigenvalue weighted by molar-refractivity contribution is 7.90. The number of rotatable bonds is 7. The van der Waals surface area contributed by atoms with E-state index < -0.39 is 33.9 Å². The molecule has 112 valence electrons. The van der Waals surface area contributed by atoms with Crippen molar-refractivity contribution in [3.05, 3.63) is 0 Å². The Morgan fingerprint density at radius 3 is 2.05 bits per heavy atom. The van der Waals surface area contributed by atoms with Crippen LogP contribution in [-0.4, -0.2) is 38.1 Å². The smallest absolute Gasteiger partial charge is 0.256 e. The molecule has 0 unspecified atom stereocenters. The summed E-state index contributed by atoms with van der Waals surface area (Å²) in [6, 6.07) is -1.66. The Bertz CT molecular complexity index is 418. The van der Waals surface area contributed by atoms with Crippen LogP contribution in [0.2, 0.25) is 0 Å². The second-order valence-electron chi connectivity index (χ2n) is 4.85. The SMILES string of the molecule is CCS(=O)(=O)NC(=O)[C@H](CC(C)C)NC(=O)[C@H](C)N. The Morgan fingerprint density at radius 1 is 1.16 bits per heavy atom. The first-order chi connectivity index (χ1) is 8.59. The molecular formula is C11H23N3O4S. The molecule has 0 radical (unpaired) electrons. The van der Waals surface area contributed by atoms with E-state index in [9.17, 15) is 18.0 Å². The molecule has 2 amide bonds. The lowest BCUT2D eigenvalue weighted by molar-refractivity contribution is -0.128. The summed E-state index contributed by atoms with van der Waals surface area (Å²) in [6.07, 6.45) is 0.337. The molecule has 0 bridgehead atoms. The molecule has 4 N–H and O–H groups in total. The van der Waals surface area contributed by atoms with Gasteiger partial charge in [-0.25, -0.2) is 8.42 Å². The van der Waals surface area contributed by atoms with Crippen LogP contribution in [0.15, 0.2) is 0 Å². The van der Waals surface area contributed by atoms with Crippen molar-refractivity contribution < 1.29 is 18.0 Å². The van der Waals surface area contributed by atoms with Crippen LogP contribution >= 0.6 is 0 Å². The number of amides is 2. The molecule has 0 heterocycles. The quantitative estimate of drug-likeness (QED) is 0.575. The summed E-state index contributed by atoms with van der Waals surface area (Å²) in [7, 11) is -3.64. The van der Waals surface area contributed by atoms with Gasteiger partial charge in [-0.2, -0.15) is 0 Å². The fraction of sp³-hybridized carbons (Fsp3) is 0.818. The predicted octanol–water partition coefficient (Wildman–Crippen LogP) is -0.670. The van der Waals surface area contributed by atoms with E-state index in [1.165, 1.54) is 13.8 Å². The normalized spacial score (nSPS) is 14.8. The van der Waals surface area contributed by atoms with Gasteiger partial charge in [0.15, 0.2) is 0 Å². The fourth-order valence-electron chi connectivity index (χ4n) is 1.30. The maximum absolute atomic E-state index is 11.9. The third kappa shape index (κ3) is 7.12. The number of carbonyl (C=O) groups excluding carboxylic acids is 2. The van der Waals surface area contributed by atoms with Crippen molar-refractivity contribution in [2.45, 2.75) is 46.2 Å². The van der Waals surface area contributed by atoms with Gasteiger partial charge in [0.25, 0.3) is 5.91 Å². The van der Waals surface area contributed by atoms with E-state index in [0.717, 1.165) is 0 Å². The molecule has 7 nitrogen and oxygen atoms in total. The monoisotopic (exact) mass is 293 g/mol. The summed E-state index contributed by atoms with van der Waals surface area (Å²) in [5, 5.41) is 2.45. The zero-order valence-electron chi connectivity index (χ0n) is 11.8. The molecule has 0 aromatic carbocycles. The first-order valence-electron chi connectivity index (χ1n) is 6.19. The van der Waals surface area contributed by atoms with E-state index in [1.807, 2.05) is 18.6 Å². The van der Waals surface area contributed by atoms with Gasteiger partial charge in [-0.05, 0) is 26.2 Å². The lowest BCUT2D eigenvalue weighted by Crippen LogP contribution is -2.52. The van der Waals surface area contributed by atoms with E-state index in [-0.39, 0.29) is 11.7 Å². The molecule has 19 heavy (non-hydrogen) atoms. The molecule has 0 saturated carbocycles. The number of hydrogen-bond acceptors (Lipinski definition) is 5. The highest BCUT2D eigenvalue weighted by atomic mass is 32.2. The molecule has 0 spiro atoms. The van der Waals surface area contributed by atoms with Crippen LogP contribution < -0.4 is 15.8 Å². The minimum absolute atomic E-state index is 0.119. The molecule has 0 aliphatic rings. The topological polar surface area (TPSA) is 118 Å². The number of carbonyl (C=O) groups is 2. The highest BCUT2D eigenvalue weighted by Crippen LogP contribution is 2.06. The van der Waals surface area contributed by atoms with Crippen LogP contribution in [0.1, 0.15) is 34.1 Å². The first-order valence-corrected chi connectivity index (χ1v) is 7.84. The average Bonchev–Trinajstić information content (AvgIpc) is 2.26. The Labute approximate surface area is 114 Å². The lowest BCUT2D eigenvalue weighted by Gasteiger charge is -2.20. The minimum Gasteiger partial charge on any atom is -0.343 e. The van der Waals surface area contributed by atoms with Crippen molar-refractivity contribution in [1.29, 1.82) is 0 Å². The second kappa shape index (κ2) is 7.44. The van der Waals surface area contributed by atoms with Gasteiger partial charge in [-0.3, -0.25) is 14.3 Å². The van der Waals surface area contributed by atoms with Gasteiger partial charge in [0, 0.05) is 0 Å². The number of hydrogen-bond donors (Lipinski definition) is 3. The number of sulfonamides is 1. The maximum atomic E-state index is 11.9. The molecule has 0 aliphatic carbocycles. The third-order valence-corrected chi connectivity index (χ3v) is 3.66. The largest absolute Gasteiger partial charge is 0.343 e. The first kappa shape index (κ1) is 17.8.